The predicted octanol–water partition coefficient (Wildman–Crippen LogP) is 5.77. The fourth-order valence-electron chi connectivity index (χ4n) is 4.37. The molecule has 28 heavy (non-hydrogen) atoms. The highest BCUT2D eigenvalue weighted by atomic mass is 35.5. The normalized spacial score (nSPS) is 20.3. The Morgan fingerprint density at radius 3 is 2.39 bits per heavy atom. The van der Waals surface area contributed by atoms with Crippen LogP contribution in [0.1, 0.15) is 43.7 Å². The fourth-order valence-corrected chi connectivity index (χ4v) is 4.49. The van der Waals surface area contributed by atoms with Crippen molar-refractivity contribution in [2.24, 2.45) is 0 Å². The van der Waals surface area contributed by atoms with Gasteiger partial charge in [0.2, 0.25) is 0 Å². The third-order valence-corrected chi connectivity index (χ3v) is 6.21. The Bertz CT molecular complexity index is 902. The summed E-state index contributed by atoms with van der Waals surface area (Å²) in [5.41, 5.74) is 5.70. The van der Waals surface area contributed by atoms with Gasteiger partial charge in [-0.3, -0.25) is 10.1 Å². The minimum absolute atomic E-state index is 0.502. The monoisotopic (exact) mass is 394 g/mol. The van der Waals surface area contributed by atoms with Crippen molar-refractivity contribution in [3.63, 3.8) is 0 Å². The van der Waals surface area contributed by atoms with Crippen LogP contribution in [0.4, 0.5) is 0 Å². The number of benzene rings is 1. The van der Waals surface area contributed by atoms with Crippen LogP contribution < -0.4 is 0 Å². The highest BCUT2D eigenvalue weighted by Gasteiger charge is 2.27. The second-order valence-electron chi connectivity index (χ2n) is 7.93. The molecule has 146 valence electrons. The lowest BCUT2D eigenvalue weighted by atomic mass is 9.89. The molecule has 1 N–H and O–H groups in total. The van der Waals surface area contributed by atoms with Crippen molar-refractivity contribution in [1.29, 1.82) is 0 Å². The molecule has 1 aromatic carbocycles. The first kappa shape index (κ1) is 19.2. The molecule has 5 heteroatoms. The second kappa shape index (κ2) is 8.46. The molecule has 4 rings (SSSR count). The van der Waals surface area contributed by atoms with Crippen molar-refractivity contribution < 1.29 is 0 Å². The molecule has 0 saturated heterocycles. The summed E-state index contributed by atoms with van der Waals surface area (Å²) in [6.07, 6.45) is 9.83. The van der Waals surface area contributed by atoms with E-state index in [2.05, 4.69) is 41.2 Å². The van der Waals surface area contributed by atoms with Crippen LogP contribution in [-0.2, 0) is 0 Å². The van der Waals surface area contributed by atoms with Crippen LogP contribution in [0.3, 0.4) is 0 Å². The summed E-state index contributed by atoms with van der Waals surface area (Å²) >= 11 is 6.10. The van der Waals surface area contributed by atoms with Gasteiger partial charge in [0.1, 0.15) is 5.69 Å². The highest BCUT2D eigenvalue weighted by molar-refractivity contribution is 6.30. The summed E-state index contributed by atoms with van der Waals surface area (Å²) in [7, 11) is 4.39. The molecule has 4 nitrogen and oxygen atoms in total. The maximum Gasteiger partial charge on any atom is 0.100 e. The number of hydrogen-bond acceptors (Lipinski definition) is 3. The Labute approximate surface area is 172 Å². The number of rotatable bonds is 4. The minimum Gasteiger partial charge on any atom is -0.306 e. The summed E-state index contributed by atoms with van der Waals surface area (Å²) in [4.78, 5) is 6.58. The van der Waals surface area contributed by atoms with Gasteiger partial charge >= 0.3 is 0 Å². The van der Waals surface area contributed by atoms with Crippen molar-refractivity contribution in [3.8, 4) is 22.4 Å². The molecule has 0 bridgehead atoms. The summed E-state index contributed by atoms with van der Waals surface area (Å²) in [6, 6.07) is 12.8. The number of H-pyrrole nitrogens is 1. The topological polar surface area (TPSA) is 44.8 Å². The van der Waals surface area contributed by atoms with Gasteiger partial charge in [-0.2, -0.15) is 5.10 Å². The van der Waals surface area contributed by atoms with Crippen molar-refractivity contribution in [2.45, 2.75) is 44.1 Å². The Kier molecular flexibility index (Phi) is 5.79. The molecule has 1 saturated carbocycles. The first-order valence-corrected chi connectivity index (χ1v) is 10.4. The highest BCUT2D eigenvalue weighted by Crippen LogP contribution is 2.41. The molecule has 1 aliphatic carbocycles. The first-order valence-electron chi connectivity index (χ1n) is 10.0. The van der Waals surface area contributed by atoms with Crippen LogP contribution in [0.5, 0.6) is 0 Å². The number of nitrogens with zero attached hydrogens (tertiary/aromatic N) is 3. The van der Waals surface area contributed by atoms with Gasteiger partial charge in [-0.25, -0.2) is 0 Å². The molecule has 2 heterocycles. The number of aromatic amines is 1. The molecule has 0 amide bonds. The van der Waals surface area contributed by atoms with Crippen molar-refractivity contribution in [1.82, 2.24) is 20.1 Å². The molecule has 1 aliphatic rings. The van der Waals surface area contributed by atoms with Gasteiger partial charge in [0.25, 0.3) is 0 Å². The summed E-state index contributed by atoms with van der Waals surface area (Å²) in [6.45, 7) is 0. The third-order valence-electron chi connectivity index (χ3n) is 5.96. The zero-order valence-corrected chi connectivity index (χ0v) is 17.3. The van der Waals surface area contributed by atoms with Gasteiger partial charge in [-0.1, -0.05) is 30.2 Å². The van der Waals surface area contributed by atoms with Gasteiger partial charge in [0.15, 0.2) is 0 Å². The molecular formula is C23H27ClN4. The van der Waals surface area contributed by atoms with Crippen LogP contribution in [0.15, 0.2) is 48.8 Å². The maximum absolute atomic E-state index is 6.10. The van der Waals surface area contributed by atoms with Gasteiger partial charge in [0, 0.05) is 46.2 Å². The predicted molar refractivity (Wildman–Crippen MR) is 116 cm³/mol. The Morgan fingerprint density at radius 1 is 0.929 bits per heavy atom. The minimum atomic E-state index is 0.502. The zero-order valence-electron chi connectivity index (χ0n) is 16.5. The van der Waals surface area contributed by atoms with E-state index < -0.39 is 0 Å². The van der Waals surface area contributed by atoms with E-state index in [1.54, 1.807) is 0 Å². The zero-order chi connectivity index (χ0) is 19.5. The standard InChI is InChI=1S/C23H27ClN4/c1-28(2)20-5-3-4-17(8-11-20)22-21(16-12-14-25-15-13-16)23(27-26-22)18-6-9-19(24)10-7-18/h6-7,9-10,12-15,17,20H,3-5,8,11H2,1-2H3,(H,26,27)/t17-,20+/m1/s1. The summed E-state index contributed by atoms with van der Waals surface area (Å²) < 4.78 is 0. The molecule has 1 fully saturated rings. The number of pyridine rings is 1. The van der Waals surface area contributed by atoms with Crippen molar-refractivity contribution >= 4 is 11.6 Å². The lowest BCUT2D eigenvalue weighted by Gasteiger charge is -2.22. The number of nitrogens with one attached hydrogen (secondary N) is 1. The van der Waals surface area contributed by atoms with E-state index in [0.29, 0.717) is 12.0 Å². The van der Waals surface area contributed by atoms with Crippen LogP contribution in [0.25, 0.3) is 22.4 Å². The van der Waals surface area contributed by atoms with Gasteiger partial charge in [-0.15, -0.1) is 0 Å². The van der Waals surface area contributed by atoms with Gasteiger partial charge in [-0.05, 0) is 69.6 Å². The molecule has 3 aromatic rings. The average molecular weight is 395 g/mol. The lowest BCUT2D eigenvalue weighted by Crippen LogP contribution is -2.26. The molecule has 2 aromatic heterocycles. The average Bonchev–Trinajstić information content (AvgIpc) is 2.99. The Morgan fingerprint density at radius 2 is 1.68 bits per heavy atom. The van der Waals surface area contributed by atoms with Gasteiger partial charge in [0.05, 0.1) is 0 Å². The number of hydrogen-bond donors (Lipinski definition) is 1. The second-order valence-corrected chi connectivity index (χ2v) is 8.36. The van der Waals surface area contributed by atoms with E-state index in [0.717, 1.165) is 21.8 Å². The van der Waals surface area contributed by atoms with Crippen molar-refractivity contribution in [2.75, 3.05) is 14.1 Å². The lowest BCUT2D eigenvalue weighted by molar-refractivity contribution is 0.266. The molecule has 0 spiro atoms. The summed E-state index contributed by atoms with van der Waals surface area (Å²) in [5, 5.41) is 8.90. The van der Waals surface area contributed by atoms with Gasteiger partial charge < -0.3 is 4.90 Å². The largest absolute Gasteiger partial charge is 0.306 e. The summed E-state index contributed by atoms with van der Waals surface area (Å²) in [5.74, 6) is 0.502. The molecular weight excluding hydrogens is 368 g/mol. The smallest absolute Gasteiger partial charge is 0.100 e. The first-order chi connectivity index (χ1) is 13.6. The molecule has 2 atom stereocenters. The molecule has 0 unspecified atom stereocenters. The molecule has 0 aliphatic heterocycles. The van der Waals surface area contributed by atoms with Crippen LogP contribution in [0, 0.1) is 0 Å². The quantitative estimate of drug-likeness (QED) is 0.571. The fraction of sp³-hybridized carbons (Fsp3) is 0.391. The molecule has 0 radical (unpaired) electrons. The third kappa shape index (κ3) is 3.98. The number of aromatic nitrogens is 3. The SMILES string of the molecule is CN(C)[C@H]1CCC[C@@H](c2[nH]nc(-c3ccc(Cl)cc3)c2-c2ccncc2)CC1. The van der Waals surface area contributed by atoms with E-state index in [4.69, 9.17) is 16.7 Å². The maximum atomic E-state index is 6.10. The van der Waals surface area contributed by atoms with Crippen molar-refractivity contribution in [3.05, 3.63) is 59.5 Å². The van der Waals surface area contributed by atoms with Crippen LogP contribution >= 0.6 is 11.6 Å². The van der Waals surface area contributed by atoms with Crippen LogP contribution in [0.2, 0.25) is 5.02 Å². The van der Waals surface area contributed by atoms with E-state index in [1.165, 1.54) is 43.4 Å². The Balaban J connectivity index is 1.74. The van der Waals surface area contributed by atoms with Crippen LogP contribution in [-0.4, -0.2) is 40.2 Å². The number of halogens is 1. The van der Waals surface area contributed by atoms with E-state index >= 15 is 0 Å². The van der Waals surface area contributed by atoms with E-state index in [1.807, 2.05) is 36.7 Å². The van der Waals surface area contributed by atoms with E-state index in [-0.39, 0.29) is 0 Å². The Hall–Kier alpha value is -2.17. The van der Waals surface area contributed by atoms with E-state index in [9.17, 15) is 0 Å².